The van der Waals surface area contributed by atoms with Crippen LogP contribution in [0, 0.1) is 0 Å². The van der Waals surface area contributed by atoms with Gasteiger partial charge >= 0.3 is 0 Å². The number of carbonyl (C=O) groups excluding carboxylic acids is 2. The van der Waals surface area contributed by atoms with Crippen molar-refractivity contribution in [1.29, 1.82) is 0 Å². The van der Waals surface area contributed by atoms with Crippen molar-refractivity contribution in [2.75, 3.05) is 20.0 Å². The molecule has 4 aromatic rings. The van der Waals surface area contributed by atoms with Gasteiger partial charge in [0, 0.05) is 13.5 Å². The highest BCUT2D eigenvalue weighted by Gasteiger charge is 2.33. The Morgan fingerprint density at radius 3 is 2.38 bits per heavy atom. The molecule has 2 amide bonds. The van der Waals surface area contributed by atoms with Crippen LogP contribution in [-0.2, 0) is 18.4 Å². The fourth-order valence-corrected chi connectivity index (χ4v) is 5.04. The molecule has 0 saturated heterocycles. The van der Waals surface area contributed by atoms with Crippen LogP contribution in [0.1, 0.15) is 40.0 Å². The van der Waals surface area contributed by atoms with E-state index < -0.39 is 0 Å². The van der Waals surface area contributed by atoms with Crippen LogP contribution in [0.5, 0.6) is 11.5 Å². The van der Waals surface area contributed by atoms with Crippen LogP contribution < -0.4 is 14.8 Å². The van der Waals surface area contributed by atoms with E-state index in [1.807, 2.05) is 48.5 Å². The maximum atomic E-state index is 13.5. The van der Waals surface area contributed by atoms with Crippen molar-refractivity contribution in [3.63, 3.8) is 0 Å². The van der Waals surface area contributed by atoms with E-state index in [1.165, 1.54) is 18.0 Å². The Hall–Kier alpha value is -4.58. The Bertz CT molecular complexity index is 1500. The van der Waals surface area contributed by atoms with Gasteiger partial charge in [-0.2, -0.15) is 5.10 Å². The molecule has 0 aliphatic carbocycles. The highest BCUT2D eigenvalue weighted by molar-refractivity contribution is 7.99. The molecule has 0 spiro atoms. The van der Waals surface area contributed by atoms with Crippen LogP contribution >= 0.6 is 11.8 Å². The van der Waals surface area contributed by atoms with Gasteiger partial charge in [0.2, 0.25) is 0 Å². The van der Waals surface area contributed by atoms with Crippen LogP contribution in [-0.4, -0.2) is 57.3 Å². The molecule has 3 heterocycles. The maximum absolute atomic E-state index is 13.5. The minimum Gasteiger partial charge on any atom is -0.497 e. The lowest BCUT2D eigenvalue weighted by Crippen LogP contribution is -2.28. The monoisotopic (exact) mass is 560 g/mol. The number of methoxy groups -OCH3 is 2. The number of benzene rings is 2. The Kier molecular flexibility index (Phi) is 8.15. The van der Waals surface area contributed by atoms with Crippen molar-refractivity contribution in [2.24, 2.45) is 12.1 Å². The Balaban J connectivity index is 1.29. The second kappa shape index (κ2) is 12.1. The third-order valence-electron chi connectivity index (χ3n) is 6.49. The van der Waals surface area contributed by atoms with Crippen molar-refractivity contribution in [3.8, 4) is 11.5 Å². The standard InChI is InChI=1S/C28H28N6O5S/c1-33-25(16-29-27(36)24-5-4-14-39-24)30-31-28(33)40-17-26(35)34-23(19-8-12-21(38-3)13-9-19)15-22(32-34)18-6-10-20(37-2)11-7-18/h4-14,23H,15-17H2,1-3H3,(H,29,36). The molecule has 0 bridgehead atoms. The molecule has 0 radical (unpaired) electrons. The normalized spacial score (nSPS) is 14.6. The molecule has 0 saturated carbocycles. The van der Waals surface area contributed by atoms with E-state index in [4.69, 9.17) is 19.0 Å². The number of nitrogens with zero attached hydrogens (tertiary/aromatic N) is 5. The molecule has 2 aromatic heterocycles. The van der Waals surface area contributed by atoms with Gasteiger partial charge in [-0.1, -0.05) is 23.9 Å². The Morgan fingerprint density at radius 1 is 1.02 bits per heavy atom. The van der Waals surface area contributed by atoms with Crippen LogP contribution in [0.25, 0.3) is 0 Å². The van der Waals surface area contributed by atoms with Gasteiger partial charge in [0.25, 0.3) is 11.8 Å². The number of amides is 2. The first kappa shape index (κ1) is 27.0. The molecule has 11 nitrogen and oxygen atoms in total. The summed E-state index contributed by atoms with van der Waals surface area (Å²) in [5, 5.41) is 18.0. The number of rotatable bonds is 10. The summed E-state index contributed by atoms with van der Waals surface area (Å²) in [5.74, 6) is 1.86. The molecule has 1 unspecified atom stereocenters. The topological polar surface area (TPSA) is 124 Å². The largest absolute Gasteiger partial charge is 0.497 e. The van der Waals surface area contributed by atoms with Crippen LogP contribution in [0.3, 0.4) is 0 Å². The third-order valence-corrected chi connectivity index (χ3v) is 7.50. The number of ether oxygens (including phenoxy) is 2. The smallest absolute Gasteiger partial charge is 0.287 e. The van der Waals surface area contributed by atoms with Gasteiger partial charge in [-0.3, -0.25) is 9.59 Å². The van der Waals surface area contributed by atoms with E-state index in [2.05, 4.69) is 15.5 Å². The molecule has 206 valence electrons. The quantitative estimate of drug-likeness (QED) is 0.290. The van der Waals surface area contributed by atoms with Gasteiger partial charge in [-0.25, -0.2) is 5.01 Å². The molecular weight excluding hydrogens is 532 g/mol. The number of hydrazone groups is 1. The molecule has 0 fully saturated rings. The minimum atomic E-state index is -0.346. The summed E-state index contributed by atoms with van der Waals surface area (Å²) in [6.45, 7) is 0.165. The summed E-state index contributed by atoms with van der Waals surface area (Å²) in [5.41, 5.74) is 2.70. The summed E-state index contributed by atoms with van der Waals surface area (Å²) in [6, 6.07) is 18.3. The minimum absolute atomic E-state index is 0.108. The van der Waals surface area contributed by atoms with E-state index in [1.54, 1.807) is 43.0 Å². The fourth-order valence-electron chi connectivity index (χ4n) is 4.26. The van der Waals surface area contributed by atoms with Crippen LogP contribution in [0.4, 0.5) is 0 Å². The van der Waals surface area contributed by atoms with E-state index in [0.717, 1.165) is 28.3 Å². The molecule has 1 aliphatic heterocycles. The Morgan fingerprint density at radius 2 is 1.73 bits per heavy atom. The number of hydrogen-bond acceptors (Lipinski definition) is 9. The first-order valence-electron chi connectivity index (χ1n) is 12.5. The fraction of sp³-hybridized carbons (Fsp3) is 0.250. The summed E-state index contributed by atoms with van der Waals surface area (Å²) < 4.78 is 17.4. The predicted molar refractivity (Wildman–Crippen MR) is 148 cm³/mol. The highest BCUT2D eigenvalue weighted by atomic mass is 32.2. The number of thioether (sulfide) groups is 1. The first-order valence-corrected chi connectivity index (χ1v) is 13.5. The lowest BCUT2D eigenvalue weighted by molar-refractivity contribution is -0.130. The van der Waals surface area contributed by atoms with Crippen molar-refractivity contribution < 1.29 is 23.5 Å². The lowest BCUT2D eigenvalue weighted by Gasteiger charge is -2.22. The van der Waals surface area contributed by atoms with E-state index in [-0.39, 0.29) is 35.9 Å². The van der Waals surface area contributed by atoms with E-state index >= 15 is 0 Å². The molecule has 40 heavy (non-hydrogen) atoms. The predicted octanol–water partition coefficient (Wildman–Crippen LogP) is 3.83. The van der Waals surface area contributed by atoms with Gasteiger partial charge in [-0.15, -0.1) is 10.2 Å². The number of furan rings is 1. The van der Waals surface area contributed by atoms with Crippen molar-refractivity contribution in [2.45, 2.75) is 24.2 Å². The zero-order valence-electron chi connectivity index (χ0n) is 22.2. The second-order valence-electron chi connectivity index (χ2n) is 8.91. The first-order chi connectivity index (χ1) is 19.5. The summed E-state index contributed by atoms with van der Waals surface area (Å²) in [4.78, 5) is 25.7. The molecular formula is C28H28N6O5S. The third kappa shape index (κ3) is 5.86. The van der Waals surface area contributed by atoms with Crippen LogP contribution in [0.2, 0.25) is 0 Å². The molecule has 1 aliphatic rings. The lowest BCUT2D eigenvalue weighted by atomic mass is 9.98. The van der Waals surface area contributed by atoms with Gasteiger partial charge in [0.05, 0.1) is 44.5 Å². The van der Waals surface area contributed by atoms with Gasteiger partial charge in [0.15, 0.2) is 16.7 Å². The molecule has 2 aromatic carbocycles. The van der Waals surface area contributed by atoms with Crippen molar-refractivity contribution in [3.05, 3.63) is 89.6 Å². The maximum Gasteiger partial charge on any atom is 0.287 e. The number of hydrogen-bond donors (Lipinski definition) is 1. The van der Waals surface area contributed by atoms with Gasteiger partial charge < -0.3 is 23.8 Å². The van der Waals surface area contributed by atoms with Crippen molar-refractivity contribution >= 4 is 29.3 Å². The zero-order chi connectivity index (χ0) is 28.1. The van der Waals surface area contributed by atoms with E-state index in [0.29, 0.717) is 17.4 Å². The zero-order valence-corrected chi connectivity index (χ0v) is 23.1. The summed E-state index contributed by atoms with van der Waals surface area (Å²) in [6.07, 6.45) is 2.01. The SMILES string of the molecule is COc1ccc(C2=NN(C(=O)CSc3nnc(CNC(=O)c4ccco4)n3C)C(c3ccc(OC)cc3)C2)cc1. The van der Waals surface area contributed by atoms with E-state index in [9.17, 15) is 9.59 Å². The van der Waals surface area contributed by atoms with Gasteiger partial charge in [-0.05, 0) is 59.7 Å². The average molecular weight is 561 g/mol. The molecule has 12 heteroatoms. The summed E-state index contributed by atoms with van der Waals surface area (Å²) in [7, 11) is 5.03. The Labute approximate surface area is 235 Å². The molecule has 1 N–H and O–H groups in total. The van der Waals surface area contributed by atoms with Crippen molar-refractivity contribution in [1.82, 2.24) is 25.1 Å². The number of aromatic nitrogens is 3. The molecule has 5 rings (SSSR count). The number of nitrogens with one attached hydrogen (secondary N) is 1. The second-order valence-corrected chi connectivity index (χ2v) is 9.86. The average Bonchev–Trinajstić information content (AvgIpc) is 3.76. The van der Waals surface area contributed by atoms with Gasteiger partial charge in [0.1, 0.15) is 11.5 Å². The molecule has 1 atom stereocenters. The van der Waals surface area contributed by atoms with Crippen LogP contribution in [0.15, 0.2) is 81.6 Å². The summed E-state index contributed by atoms with van der Waals surface area (Å²) >= 11 is 1.26. The number of carbonyl (C=O) groups is 2. The highest BCUT2D eigenvalue weighted by Crippen LogP contribution is 2.34.